The zero-order valence-corrected chi connectivity index (χ0v) is 6.85. The minimum absolute atomic E-state index is 0.235. The zero-order valence-electron chi connectivity index (χ0n) is 6.85. The van der Waals surface area contributed by atoms with Gasteiger partial charge in [0.05, 0.1) is 0 Å². The van der Waals surface area contributed by atoms with Crippen molar-refractivity contribution in [3.63, 3.8) is 0 Å². The highest BCUT2D eigenvalue weighted by Crippen LogP contribution is 2.28. The van der Waals surface area contributed by atoms with Crippen LogP contribution in [0.3, 0.4) is 0 Å². The first-order valence-corrected chi connectivity index (χ1v) is 3.79. The third-order valence-corrected chi connectivity index (χ3v) is 1.69. The van der Waals surface area contributed by atoms with E-state index in [0.717, 1.165) is 5.69 Å². The Morgan fingerprint density at radius 1 is 1.29 bits per heavy atom. The number of fused-ring (bicyclic) bond motifs is 1. The summed E-state index contributed by atoms with van der Waals surface area (Å²) in [6.45, 7) is 0. The maximum Gasteiger partial charge on any atom is 0.573 e. The molecule has 0 aromatic heterocycles. The number of quaternary nitrogens is 1. The molecule has 1 heterocycles. The Balaban J connectivity index is 2.21. The van der Waals surface area contributed by atoms with Crippen LogP contribution in [0.4, 0.5) is 24.5 Å². The molecule has 0 amide bonds. The number of benzene rings is 1. The SMILES string of the molecule is FC(F)(F)Oc1ccc2c(c1)NN[NH2+]2. The summed E-state index contributed by atoms with van der Waals surface area (Å²) in [5.41, 5.74) is 8.34. The van der Waals surface area contributed by atoms with Gasteiger partial charge in [-0.05, 0) is 6.07 Å². The van der Waals surface area contributed by atoms with Crippen LogP contribution in [0.5, 0.6) is 5.75 Å². The summed E-state index contributed by atoms with van der Waals surface area (Å²) in [5, 5.41) is 0. The average molecular weight is 206 g/mol. The summed E-state index contributed by atoms with van der Waals surface area (Å²) in [7, 11) is 0. The quantitative estimate of drug-likeness (QED) is 0.466. The Labute approximate surface area is 77.0 Å². The molecule has 0 bridgehead atoms. The topological polar surface area (TPSA) is 49.9 Å². The Morgan fingerprint density at radius 2 is 2.07 bits per heavy atom. The van der Waals surface area contributed by atoms with Crippen LogP contribution in [-0.4, -0.2) is 6.36 Å². The minimum Gasteiger partial charge on any atom is -0.406 e. The number of hydrogen-bond donors (Lipinski definition) is 3. The number of alkyl halides is 3. The van der Waals surface area contributed by atoms with Crippen LogP contribution in [0.2, 0.25) is 0 Å². The molecule has 0 fully saturated rings. The molecular weight excluding hydrogens is 199 g/mol. The lowest BCUT2D eigenvalue weighted by Crippen LogP contribution is -2.86. The Hall–Kier alpha value is -1.47. The van der Waals surface area contributed by atoms with Crippen molar-refractivity contribution in [1.29, 1.82) is 0 Å². The first-order valence-electron chi connectivity index (χ1n) is 3.79. The molecule has 0 saturated carbocycles. The number of nitrogens with one attached hydrogen (secondary N) is 2. The number of halogens is 3. The highest BCUT2D eigenvalue weighted by molar-refractivity contribution is 5.64. The van der Waals surface area contributed by atoms with E-state index in [-0.39, 0.29) is 5.75 Å². The first-order chi connectivity index (χ1) is 6.54. The van der Waals surface area contributed by atoms with Gasteiger partial charge in [-0.15, -0.1) is 13.2 Å². The minimum atomic E-state index is -4.65. The number of nitrogens with two attached hydrogens (primary N) is 1. The van der Waals surface area contributed by atoms with Crippen molar-refractivity contribution < 1.29 is 23.3 Å². The third kappa shape index (κ3) is 1.88. The molecule has 0 saturated heterocycles. The predicted octanol–water partition coefficient (Wildman–Crippen LogP) is 0.625. The highest BCUT2D eigenvalue weighted by Gasteiger charge is 2.31. The zero-order chi connectivity index (χ0) is 10.2. The fourth-order valence-electron chi connectivity index (χ4n) is 1.16. The summed E-state index contributed by atoms with van der Waals surface area (Å²) >= 11 is 0. The van der Waals surface area contributed by atoms with Gasteiger partial charge in [-0.1, -0.05) is 5.53 Å². The van der Waals surface area contributed by atoms with Crippen molar-refractivity contribution in [1.82, 2.24) is 5.53 Å². The number of rotatable bonds is 1. The van der Waals surface area contributed by atoms with Crippen molar-refractivity contribution in [3.05, 3.63) is 18.2 Å². The molecule has 4 N–H and O–H groups in total. The van der Waals surface area contributed by atoms with Gasteiger partial charge in [0.15, 0.2) is 5.69 Å². The van der Waals surface area contributed by atoms with Crippen molar-refractivity contribution in [2.75, 3.05) is 5.43 Å². The van der Waals surface area contributed by atoms with Gasteiger partial charge in [-0.2, -0.15) is 0 Å². The van der Waals surface area contributed by atoms with Crippen LogP contribution >= 0.6 is 0 Å². The summed E-state index contributed by atoms with van der Waals surface area (Å²) in [5.74, 6) is -0.235. The van der Waals surface area contributed by atoms with Gasteiger partial charge in [0.25, 0.3) is 0 Å². The van der Waals surface area contributed by atoms with Gasteiger partial charge in [-0.25, -0.2) is 5.43 Å². The highest BCUT2D eigenvalue weighted by atomic mass is 19.4. The van der Waals surface area contributed by atoms with Crippen LogP contribution in [0.1, 0.15) is 0 Å². The van der Waals surface area contributed by atoms with Gasteiger partial charge in [0.2, 0.25) is 0 Å². The number of anilines is 1. The summed E-state index contributed by atoms with van der Waals surface area (Å²) in [6, 6.07) is 4.07. The van der Waals surface area contributed by atoms with E-state index in [9.17, 15) is 13.2 Å². The van der Waals surface area contributed by atoms with Gasteiger partial charge in [0.1, 0.15) is 11.4 Å². The van der Waals surface area contributed by atoms with Crippen molar-refractivity contribution in [2.24, 2.45) is 0 Å². The Kier molecular flexibility index (Phi) is 1.97. The van der Waals surface area contributed by atoms with Crippen LogP contribution in [0.25, 0.3) is 0 Å². The molecule has 4 nitrogen and oxygen atoms in total. The van der Waals surface area contributed by atoms with Crippen LogP contribution in [0, 0.1) is 0 Å². The molecule has 0 atom stereocenters. The molecule has 76 valence electrons. The smallest absolute Gasteiger partial charge is 0.406 e. The molecule has 0 unspecified atom stereocenters. The second kappa shape index (κ2) is 3.03. The lowest BCUT2D eigenvalue weighted by molar-refractivity contribution is -0.620. The Morgan fingerprint density at radius 3 is 2.79 bits per heavy atom. The predicted molar refractivity (Wildman–Crippen MR) is 41.5 cm³/mol. The van der Waals surface area contributed by atoms with E-state index in [0.29, 0.717) is 5.69 Å². The Bertz CT molecular complexity index is 353. The molecule has 1 aromatic rings. The third-order valence-electron chi connectivity index (χ3n) is 1.69. The largest absolute Gasteiger partial charge is 0.573 e. The molecule has 7 heteroatoms. The van der Waals surface area contributed by atoms with Crippen LogP contribution in [0.15, 0.2) is 18.2 Å². The normalized spacial score (nSPS) is 14.8. The van der Waals surface area contributed by atoms with Gasteiger partial charge < -0.3 is 4.74 Å². The monoisotopic (exact) mass is 206 g/mol. The first kappa shape index (κ1) is 9.10. The van der Waals surface area contributed by atoms with E-state index in [1.54, 1.807) is 5.43 Å². The maximum atomic E-state index is 11.8. The van der Waals surface area contributed by atoms with Gasteiger partial charge in [-0.3, -0.25) is 5.43 Å². The van der Waals surface area contributed by atoms with E-state index < -0.39 is 6.36 Å². The van der Waals surface area contributed by atoms with E-state index in [1.807, 2.05) is 0 Å². The van der Waals surface area contributed by atoms with Crippen LogP contribution in [-0.2, 0) is 0 Å². The fraction of sp³-hybridized carbons (Fsp3) is 0.143. The van der Waals surface area contributed by atoms with E-state index >= 15 is 0 Å². The fourth-order valence-corrected chi connectivity index (χ4v) is 1.16. The lowest BCUT2D eigenvalue weighted by atomic mass is 10.2. The molecule has 0 aliphatic carbocycles. The molecule has 2 rings (SSSR count). The molecule has 1 aromatic carbocycles. The molecule has 0 radical (unpaired) electrons. The van der Waals surface area contributed by atoms with E-state index in [1.165, 1.54) is 18.2 Å². The molecular formula is C7H7F3N3O+. The van der Waals surface area contributed by atoms with E-state index in [4.69, 9.17) is 0 Å². The van der Waals surface area contributed by atoms with Crippen molar-refractivity contribution >= 4 is 11.4 Å². The molecule has 14 heavy (non-hydrogen) atoms. The van der Waals surface area contributed by atoms with Crippen molar-refractivity contribution in [2.45, 2.75) is 6.36 Å². The standard InChI is InChI=1S/C7H6F3N3O/c8-7(9,10)14-4-1-2-5-6(3-4)12-13-11-5/h1-3,11-13H/p+1. The average Bonchev–Trinajstić information content (AvgIpc) is 2.47. The number of hydrazine groups is 1. The lowest BCUT2D eigenvalue weighted by Gasteiger charge is -2.08. The van der Waals surface area contributed by atoms with Gasteiger partial charge >= 0.3 is 6.36 Å². The summed E-state index contributed by atoms with van der Waals surface area (Å²) in [6.07, 6.45) is -4.65. The van der Waals surface area contributed by atoms with Crippen LogP contribution < -0.4 is 21.1 Å². The van der Waals surface area contributed by atoms with E-state index in [2.05, 4.69) is 15.7 Å². The molecule has 1 aliphatic heterocycles. The number of hydrogen-bond acceptors (Lipinski definition) is 3. The van der Waals surface area contributed by atoms with Crippen molar-refractivity contribution in [3.8, 4) is 5.75 Å². The van der Waals surface area contributed by atoms with Gasteiger partial charge in [0, 0.05) is 12.1 Å². The second-order valence-corrected chi connectivity index (χ2v) is 2.71. The summed E-state index contributed by atoms with van der Waals surface area (Å²) in [4.78, 5) is 0. The summed E-state index contributed by atoms with van der Waals surface area (Å²) < 4.78 is 39.2. The number of ether oxygens (including phenoxy) is 1. The second-order valence-electron chi connectivity index (χ2n) is 2.71. The molecule has 1 aliphatic rings. The maximum absolute atomic E-state index is 11.8. The molecule has 0 spiro atoms.